The molecule has 23 heavy (non-hydrogen) atoms. The average molecular weight is 325 g/mol. The lowest BCUT2D eigenvalue weighted by molar-refractivity contribution is -0.121. The molecule has 1 atom stereocenters. The first kappa shape index (κ1) is 15.5. The van der Waals surface area contributed by atoms with Crippen LogP contribution in [0.5, 0.6) is 0 Å². The van der Waals surface area contributed by atoms with Gasteiger partial charge in [0.15, 0.2) is 0 Å². The second-order valence-corrected chi connectivity index (χ2v) is 6.27. The number of carbonyl (C=O) groups is 1. The van der Waals surface area contributed by atoms with Crippen molar-refractivity contribution in [1.29, 1.82) is 0 Å². The Kier molecular flexibility index (Phi) is 4.88. The smallest absolute Gasteiger partial charge is 0.220 e. The van der Waals surface area contributed by atoms with E-state index in [9.17, 15) is 4.79 Å². The minimum Gasteiger partial charge on any atom is -0.350 e. The molecule has 0 saturated heterocycles. The van der Waals surface area contributed by atoms with Crippen LogP contribution in [0.3, 0.4) is 0 Å². The van der Waals surface area contributed by atoms with Gasteiger partial charge in [-0.25, -0.2) is 4.98 Å². The highest BCUT2D eigenvalue weighted by atomic mass is 32.1. The van der Waals surface area contributed by atoms with E-state index in [1.54, 1.807) is 23.9 Å². The Labute approximate surface area is 139 Å². The number of hydrogen-bond acceptors (Lipinski definition) is 3. The third-order valence-corrected chi connectivity index (χ3v) is 4.50. The van der Waals surface area contributed by atoms with Crippen molar-refractivity contribution in [2.75, 3.05) is 0 Å². The summed E-state index contributed by atoms with van der Waals surface area (Å²) in [6.07, 6.45) is 6.73. The molecule has 118 valence electrons. The summed E-state index contributed by atoms with van der Waals surface area (Å²) in [5, 5.41) is 7.20. The van der Waals surface area contributed by atoms with Crippen molar-refractivity contribution in [3.8, 4) is 5.69 Å². The molecule has 1 aromatic carbocycles. The zero-order valence-electron chi connectivity index (χ0n) is 13.0. The van der Waals surface area contributed by atoms with E-state index in [1.807, 2.05) is 41.3 Å². The normalized spacial score (nSPS) is 12.0. The van der Waals surface area contributed by atoms with Crippen molar-refractivity contribution in [1.82, 2.24) is 14.9 Å². The van der Waals surface area contributed by atoms with Crippen molar-refractivity contribution >= 4 is 17.2 Å². The molecule has 0 saturated carbocycles. The molecule has 3 aromatic rings. The standard InChI is InChI=1S/C18H19N3OS/c1-14(20-18(22)6-5-15-7-10-23-12-15)16-3-2-4-17(11-16)21-9-8-19-13-21/h2-4,7-14H,5-6H2,1H3,(H,20,22)/t14-/m0/s1. The summed E-state index contributed by atoms with van der Waals surface area (Å²) in [6, 6.07) is 10.2. The highest BCUT2D eigenvalue weighted by Gasteiger charge is 2.10. The number of nitrogens with one attached hydrogen (secondary N) is 1. The Hall–Kier alpha value is -2.40. The maximum atomic E-state index is 12.1. The van der Waals surface area contributed by atoms with Crippen LogP contribution in [0, 0.1) is 0 Å². The van der Waals surface area contributed by atoms with Gasteiger partial charge in [-0.1, -0.05) is 12.1 Å². The second-order valence-electron chi connectivity index (χ2n) is 5.49. The van der Waals surface area contributed by atoms with Crippen LogP contribution in [0.2, 0.25) is 0 Å². The molecule has 1 amide bonds. The fourth-order valence-electron chi connectivity index (χ4n) is 2.46. The topological polar surface area (TPSA) is 46.9 Å². The van der Waals surface area contributed by atoms with Crippen LogP contribution < -0.4 is 5.32 Å². The molecule has 0 aliphatic rings. The van der Waals surface area contributed by atoms with Crippen LogP contribution in [0.15, 0.2) is 59.8 Å². The third kappa shape index (κ3) is 4.07. The highest BCUT2D eigenvalue weighted by molar-refractivity contribution is 7.07. The molecular weight excluding hydrogens is 306 g/mol. The molecule has 2 aromatic heterocycles. The largest absolute Gasteiger partial charge is 0.350 e. The highest BCUT2D eigenvalue weighted by Crippen LogP contribution is 2.17. The Morgan fingerprint density at radius 1 is 1.39 bits per heavy atom. The van der Waals surface area contributed by atoms with Crippen LogP contribution in [0.25, 0.3) is 5.69 Å². The monoisotopic (exact) mass is 325 g/mol. The molecule has 0 spiro atoms. The zero-order valence-corrected chi connectivity index (χ0v) is 13.8. The molecule has 2 heterocycles. The molecule has 0 unspecified atom stereocenters. The Balaban J connectivity index is 1.60. The first-order valence-corrected chi connectivity index (χ1v) is 8.55. The fourth-order valence-corrected chi connectivity index (χ4v) is 3.16. The first-order chi connectivity index (χ1) is 11.2. The maximum Gasteiger partial charge on any atom is 0.220 e. The molecule has 5 heteroatoms. The van der Waals surface area contributed by atoms with E-state index < -0.39 is 0 Å². The SMILES string of the molecule is C[C@H](NC(=O)CCc1ccsc1)c1cccc(-n2ccnc2)c1. The van der Waals surface area contributed by atoms with Crippen LogP contribution in [0.1, 0.15) is 30.5 Å². The Morgan fingerprint density at radius 2 is 2.30 bits per heavy atom. The lowest BCUT2D eigenvalue weighted by Crippen LogP contribution is -2.26. The molecule has 1 N–H and O–H groups in total. The van der Waals surface area contributed by atoms with Crippen molar-refractivity contribution in [2.24, 2.45) is 0 Å². The van der Waals surface area contributed by atoms with Crippen molar-refractivity contribution in [3.05, 3.63) is 70.9 Å². The van der Waals surface area contributed by atoms with Crippen molar-refractivity contribution in [3.63, 3.8) is 0 Å². The molecule has 4 nitrogen and oxygen atoms in total. The molecule has 0 radical (unpaired) electrons. The van der Waals surface area contributed by atoms with E-state index in [-0.39, 0.29) is 11.9 Å². The van der Waals surface area contributed by atoms with Gasteiger partial charge in [-0.2, -0.15) is 11.3 Å². The number of benzene rings is 1. The van der Waals surface area contributed by atoms with Gasteiger partial charge >= 0.3 is 0 Å². The number of hydrogen-bond donors (Lipinski definition) is 1. The summed E-state index contributed by atoms with van der Waals surface area (Å²) in [4.78, 5) is 16.2. The maximum absolute atomic E-state index is 12.1. The van der Waals surface area contributed by atoms with Crippen molar-refractivity contribution in [2.45, 2.75) is 25.8 Å². The minimum absolute atomic E-state index is 0.0200. The van der Waals surface area contributed by atoms with Crippen LogP contribution in [-0.2, 0) is 11.2 Å². The summed E-state index contributed by atoms with van der Waals surface area (Å²) in [5.74, 6) is 0.0803. The van der Waals surface area contributed by atoms with Gasteiger partial charge in [0.2, 0.25) is 5.91 Å². The number of rotatable bonds is 6. The van der Waals surface area contributed by atoms with Gasteiger partial charge in [0.1, 0.15) is 0 Å². The van der Waals surface area contributed by atoms with Gasteiger partial charge in [0.05, 0.1) is 12.4 Å². The number of aryl methyl sites for hydroxylation is 1. The van der Waals surface area contributed by atoms with E-state index in [0.29, 0.717) is 6.42 Å². The Bertz CT molecular complexity index is 750. The predicted molar refractivity (Wildman–Crippen MR) is 92.8 cm³/mol. The number of thiophene rings is 1. The van der Waals surface area contributed by atoms with Gasteiger partial charge in [-0.15, -0.1) is 0 Å². The van der Waals surface area contributed by atoms with E-state index >= 15 is 0 Å². The van der Waals surface area contributed by atoms with E-state index in [4.69, 9.17) is 0 Å². The lowest BCUT2D eigenvalue weighted by Gasteiger charge is -2.15. The van der Waals surface area contributed by atoms with Crippen molar-refractivity contribution < 1.29 is 4.79 Å². The average Bonchev–Trinajstić information content (AvgIpc) is 3.26. The number of aromatic nitrogens is 2. The summed E-state index contributed by atoms with van der Waals surface area (Å²) < 4.78 is 1.95. The van der Waals surface area contributed by atoms with Crippen LogP contribution >= 0.6 is 11.3 Å². The first-order valence-electron chi connectivity index (χ1n) is 7.61. The quantitative estimate of drug-likeness (QED) is 0.750. The van der Waals surface area contributed by atoms with Gasteiger partial charge in [0.25, 0.3) is 0 Å². The number of imidazole rings is 1. The zero-order chi connectivity index (χ0) is 16.1. The van der Waals surface area contributed by atoms with Gasteiger partial charge in [-0.05, 0) is 53.4 Å². The van der Waals surface area contributed by atoms with E-state index in [2.05, 4.69) is 27.8 Å². The van der Waals surface area contributed by atoms with E-state index in [1.165, 1.54) is 5.56 Å². The Morgan fingerprint density at radius 3 is 3.04 bits per heavy atom. The third-order valence-electron chi connectivity index (χ3n) is 3.77. The van der Waals surface area contributed by atoms with Gasteiger partial charge in [-0.3, -0.25) is 4.79 Å². The molecular formula is C18H19N3OS. The number of carbonyl (C=O) groups excluding carboxylic acids is 1. The molecule has 0 bridgehead atoms. The van der Waals surface area contributed by atoms with Crippen LogP contribution in [0.4, 0.5) is 0 Å². The molecule has 0 fully saturated rings. The lowest BCUT2D eigenvalue weighted by atomic mass is 10.1. The second kappa shape index (κ2) is 7.24. The number of amides is 1. The number of nitrogens with zero attached hydrogens (tertiary/aromatic N) is 2. The molecule has 3 rings (SSSR count). The van der Waals surface area contributed by atoms with Gasteiger partial charge < -0.3 is 9.88 Å². The summed E-state index contributed by atoms with van der Waals surface area (Å²) in [6.45, 7) is 2.01. The predicted octanol–water partition coefficient (Wildman–Crippen LogP) is 3.74. The molecule has 0 aliphatic carbocycles. The summed E-state index contributed by atoms with van der Waals surface area (Å²) in [7, 11) is 0. The van der Waals surface area contributed by atoms with E-state index in [0.717, 1.165) is 17.7 Å². The van der Waals surface area contributed by atoms with Crippen LogP contribution in [-0.4, -0.2) is 15.5 Å². The fraction of sp³-hybridized carbons (Fsp3) is 0.222. The molecule has 0 aliphatic heterocycles. The van der Waals surface area contributed by atoms with Gasteiger partial charge in [0, 0.05) is 24.5 Å². The summed E-state index contributed by atoms with van der Waals surface area (Å²) in [5.41, 5.74) is 3.35. The summed E-state index contributed by atoms with van der Waals surface area (Å²) >= 11 is 1.66. The minimum atomic E-state index is -0.0200.